The zero-order valence-corrected chi connectivity index (χ0v) is 24.8. The Labute approximate surface area is 254 Å². The summed E-state index contributed by atoms with van der Waals surface area (Å²) in [6, 6.07) is 5.61. The molecular weight excluding hydrogens is 597 g/mol. The molecule has 14 heteroatoms. The molecule has 1 aliphatic carbocycles. The summed E-state index contributed by atoms with van der Waals surface area (Å²) in [5.74, 6) is -0.661. The number of anilines is 1. The van der Waals surface area contributed by atoms with Crippen LogP contribution in [0.3, 0.4) is 0 Å². The molecule has 44 heavy (non-hydrogen) atoms. The molecule has 0 bridgehead atoms. The predicted octanol–water partition coefficient (Wildman–Crippen LogP) is 5.97. The molecule has 1 saturated carbocycles. The molecule has 4 N–H and O–H groups in total. The number of nitrogens with zero attached hydrogens (tertiary/aromatic N) is 3. The van der Waals surface area contributed by atoms with Gasteiger partial charge in [-0.15, -0.1) is 11.3 Å². The lowest BCUT2D eigenvalue weighted by Gasteiger charge is -2.32. The second-order valence-corrected chi connectivity index (χ2v) is 11.2. The molecule has 4 aromatic rings. The van der Waals surface area contributed by atoms with Gasteiger partial charge in [0.15, 0.2) is 5.69 Å². The van der Waals surface area contributed by atoms with Crippen LogP contribution in [0.2, 0.25) is 0 Å². The standard InChI is InChI=1S/C30H31F3N6O4S/c1-3-35-29(42)38-25-12-17(27-37-24(15-44-27)30(31,32)33)19(13-36-25)16-9-10-22-18(11-16)26(40)20(28(41)43-4-2)14-39(22)23-8-6-5-7-21(23)34/h9-15,21,23H,3-8,34H2,1-2H3,(H2,35,36,38,42)/t21-,23-/m0/s1. The minimum atomic E-state index is -4.65. The Kier molecular flexibility index (Phi) is 9.02. The second-order valence-electron chi connectivity index (χ2n) is 10.4. The van der Waals surface area contributed by atoms with E-state index in [2.05, 4.69) is 20.6 Å². The number of urea groups is 1. The third kappa shape index (κ3) is 6.31. The number of carbonyl (C=O) groups excluding carboxylic acids is 2. The molecule has 1 aliphatic rings. The van der Waals surface area contributed by atoms with Gasteiger partial charge in [0.2, 0.25) is 5.43 Å². The number of esters is 1. The molecule has 0 unspecified atom stereocenters. The number of alkyl halides is 3. The lowest BCUT2D eigenvalue weighted by Crippen LogP contribution is -2.36. The number of pyridine rings is 2. The van der Waals surface area contributed by atoms with Crippen molar-refractivity contribution in [2.75, 3.05) is 18.5 Å². The molecule has 5 rings (SSSR count). The molecule has 0 aliphatic heterocycles. The van der Waals surface area contributed by atoms with E-state index >= 15 is 0 Å². The van der Waals surface area contributed by atoms with E-state index in [1.165, 1.54) is 18.5 Å². The van der Waals surface area contributed by atoms with E-state index in [9.17, 15) is 27.6 Å². The van der Waals surface area contributed by atoms with Gasteiger partial charge in [-0.25, -0.2) is 19.6 Å². The summed E-state index contributed by atoms with van der Waals surface area (Å²) in [7, 11) is 0. The maximum atomic E-state index is 13.7. The summed E-state index contributed by atoms with van der Waals surface area (Å²) < 4.78 is 47.4. The van der Waals surface area contributed by atoms with Crippen molar-refractivity contribution in [3.05, 3.63) is 63.5 Å². The lowest BCUT2D eigenvalue weighted by atomic mass is 9.90. The first-order chi connectivity index (χ1) is 21.0. The fourth-order valence-electron chi connectivity index (χ4n) is 5.42. The summed E-state index contributed by atoms with van der Waals surface area (Å²) >= 11 is 0.788. The van der Waals surface area contributed by atoms with E-state index in [0.717, 1.165) is 42.4 Å². The SMILES string of the molecule is CCNC(=O)Nc1cc(-c2nc(C(F)(F)F)cs2)c(-c2ccc3c(c2)c(=O)c(C(=O)OCC)cn3[C@H]2CCCC[C@@H]2N)cn1. The van der Waals surface area contributed by atoms with Crippen LogP contribution in [-0.2, 0) is 10.9 Å². The minimum absolute atomic E-state index is 0.0413. The normalized spacial score (nSPS) is 17.0. The van der Waals surface area contributed by atoms with Crippen molar-refractivity contribution >= 4 is 40.1 Å². The van der Waals surface area contributed by atoms with Gasteiger partial charge < -0.3 is 20.4 Å². The summed E-state index contributed by atoms with van der Waals surface area (Å²) in [6.45, 7) is 3.82. The Morgan fingerprint density at radius 3 is 2.61 bits per heavy atom. The van der Waals surface area contributed by atoms with Crippen LogP contribution in [0.4, 0.5) is 23.8 Å². The zero-order chi connectivity index (χ0) is 31.6. The van der Waals surface area contributed by atoms with Gasteiger partial charge in [-0.1, -0.05) is 18.9 Å². The number of thiazole rings is 1. The Balaban J connectivity index is 1.70. The predicted molar refractivity (Wildman–Crippen MR) is 162 cm³/mol. The Morgan fingerprint density at radius 2 is 1.93 bits per heavy atom. The van der Waals surface area contributed by atoms with Crippen molar-refractivity contribution in [2.45, 2.75) is 57.8 Å². The molecular formula is C30H31F3N6O4S. The third-order valence-corrected chi connectivity index (χ3v) is 8.36. The van der Waals surface area contributed by atoms with E-state index in [0.29, 0.717) is 23.2 Å². The Morgan fingerprint density at radius 1 is 1.16 bits per heavy atom. The van der Waals surface area contributed by atoms with Gasteiger partial charge in [0.1, 0.15) is 16.4 Å². The average Bonchev–Trinajstić information content (AvgIpc) is 3.49. The topological polar surface area (TPSA) is 141 Å². The number of fused-ring (bicyclic) bond motifs is 1. The van der Waals surface area contributed by atoms with Crippen molar-refractivity contribution in [1.82, 2.24) is 19.9 Å². The zero-order valence-electron chi connectivity index (χ0n) is 24.0. The van der Waals surface area contributed by atoms with E-state index in [4.69, 9.17) is 10.5 Å². The third-order valence-electron chi connectivity index (χ3n) is 7.49. The number of rotatable bonds is 7. The Hall–Kier alpha value is -4.30. The van der Waals surface area contributed by atoms with E-state index in [1.54, 1.807) is 32.0 Å². The van der Waals surface area contributed by atoms with Crippen LogP contribution in [0, 0.1) is 0 Å². The molecule has 0 saturated heterocycles. The number of nitrogens with one attached hydrogen (secondary N) is 2. The minimum Gasteiger partial charge on any atom is -0.462 e. The number of nitrogens with two attached hydrogens (primary N) is 1. The number of amides is 2. The van der Waals surface area contributed by atoms with Gasteiger partial charge in [0, 0.05) is 52.9 Å². The molecule has 0 radical (unpaired) electrons. The van der Waals surface area contributed by atoms with E-state index < -0.39 is 29.3 Å². The van der Waals surface area contributed by atoms with Crippen molar-refractivity contribution in [3.8, 4) is 21.7 Å². The number of halogens is 3. The average molecular weight is 629 g/mol. The van der Waals surface area contributed by atoms with Crippen LogP contribution in [0.1, 0.15) is 61.6 Å². The highest BCUT2D eigenvalue weighted by atomic mass is 32.1. The number of hydrogen-bond donors (Lipinski definition) is 3. The highest BCUT2D eigenvalue weighted by Gasteiger charge is 2.34. The number of hydrogen-bond acceptors (Lipinski definition) is 8. The number of benzene rings is 1. The largest absolute Gasteiger partial charge is 0.462 e. The van der Waals surface area contributed by atoms with Gasteiger partial charge in [-0.2, -0.15) is 13.2 Å². The molecule has 1 fully saturated rings. The van der Waals surface area contributed by atoms with Crippen LogP contribution >= 0.6 is 11.3 Å². The maximum Gasteiger partial charge on any atom is 0.434 e. The molecule has 1 aromatic carbocycles. The van der Waals surface area contributed by atoms with Crippen LogP contribution in [0.15, 0.2) is 46.8 Å². The van der Waals surface area contributed by atoms with Gasteiger partial charge in [-0.05, 0) is 50.5 Å². The van der Waals surface area contributed by atoms with Crippen LogP contribution < -0.4 is 21.8 Å². The molecule has 0 spiro atoms. The van der Waals surface area contributed by atoms with Gasteiger partial charge >= 0.3 is 18.2 Å². The van der Waals surface area contributed by atoms with E-state index in [-0.39, 0.29) is 46.0 Å². The van der Waals surface area contributed by atoms with Crippen molar-refractivity contribution in [1.29, 1.82) is 0 Å². The van der Waals surface area contributed by atoms with Crippen molar-refractivity contribution in [2.24, 2.45) is 5.73 Å². The van der Waals surface area contributed by atoms with Gasteiger partial charge in [0.05, 0.1) is 12.1 Å². The summed E-state index contributed by atoms with van der Waals surface area (Å²) in [5.41, 5.74) is 6.41. The summed E-state index contributed by atoms with van der Waals surface area (Å²) in [5, 5.41) is 6.31. The first-order valence-corrected chi connectivity index (χ1v) is 15.1. The number of carbonyl (C=O) groups is 2. The molecule has 2 amide bonds. The summed E-state index contributed by atoms with van der Waals surface area (Å²) in [6.07, 6.45) is 1.75. The van der Waals surface area contributed by atoms with Crippen molar-refractivity contribution < 1.29 is 27.5 Å². The van der Waals surface area contributed by atoms with Gasteiger partial charge in [0.25, 0.3) is 0 Å². The monoisotopic (exact) mass is 628 g/mol. The first-order valence-electron chi connectivity index (χ1n) is 14.2. The van der Waals surface area contributed by atoms with Gasteiger partial charge in [-0.3, -0.25) is 10.1 Å². The summed E-state index contributed by atoms with van der Waals surface area (Å²) in [4.78, 5) is 46.8. The van der Waals surface area contributed by atoms with Crippen LogP contribution in [0.25, 0.3) is 32.6 Å². The molecule has 2 atom stereocenters. The smallest absolute Gasteiger partial charge is 0.434 e. The van der Waals surface area contributed by atoms with E-state index in [1.807, 2.05) is 4.57 Å². The van der Waals surface area contributed by atoms with Crippen LogP contribution in [-0.4, -0.2) is 45.7 Å². The van der Waals surface area contributed by atoms with Crippen molar-refractivity contribution in [3.63, 3.8) is 0 Å². The Bertz CT molecular complexity index is 1770. The first kappa shape index (κ1) is 31.1. The molecule has 3 heterocycles. The molecule has 10 nitrogen and oxygen atoms in total. The van der Waals surface area contributed by atoms with Crippen LogP contribution in [0.5, 0.6) is 0 Å². The fourth-order valence-corrected chi connectivity index (χ4v) is 6.27. The highest BCUT2D eigenvalue weighted by molar-refractivity contribution is 7.13. The molecule has 3 aromatic heterocycles. The lowest BCUT2D eigenvalue weighted by molar-refractivity contribution is -0.140. The number of aromatic nitrogens is 3. The maximum absolute atomic E-state index is 13.7. The molecule has 232 valence electrons. The fraction of sp³-hybridized carbons (Fsp3) is 0.367. The highest BCUT2D eigenvalue weighted by Crippen LogP contribution is 2.39. The number of ether oxygens (including phenoxy) is 1. The quantitative estimate of drug-likeness (QED) is 0.214. The second kappa shape index (κ2) is 12.7.